The first-order valence-electron chi connectivity index (χ1n) is 12.8. The first kappa shape index (κ1) is 36.6. The van der Waals surface area contributed by atoms with Crippen molar-refractivity contribution in [1.29, 1.82) is 0 Å². The van der Waals surface area contributed by atoms with E-state index in [1.807, 2.05) is 0 Å². The van der Waals surface area contributed by atoms with E-state index < -0.39 is 122 Å². The third-order valence-electron chi connectivity index (χ3n) is 6.78. The number of anilines is 2. The van der Waals surface area contributed by atoms with Crippen LogP contribution in [-0.2, 0) is 40.5 Å². The molecule has 5 aromatic rings. The largest absolute Gasteiger partial charge is 0.506 e. The third-order valence-corrected chi connectivity index (χ3v) is 10.7. The smallest absolute Gasteiger partial charge is 0.310 e. The third kappa shape index (κ3) is 7.00. The summed E-state index contributed by atoms with van der Waals surface area (Å²) in [7, 11) is -20.8. The predicted octanol–water partition coefficient (Wildman–Crippen LogP) is 4.44. The molecule has 0 fully saturated rings. The number of halogens is 2. The molecule has 0 saturated heterocycles. The number of hydrogen-bond donors (Lipinski definition) is 7. The maximum atomic E-state index is 13.9. The van der Waals surface area contributed by atoms with Crippen molar-refractivity contribution >= 4 is 96.5 Å². The Labute approximate surface area is 284 Å². The van der Waals surface area contributed by atoms with E-state index >= 15 is 0 Å². The number of phenols is 2. The lowest BCUT2D eigenvalue weighted by atomic mass is 10.1. The van der Waals surface area contributed by atoms with Crippen molar-refractivity contribution in [1.82, 2.24) is 9.97 Å². The Morgan fingerprint density at radius 3 is 1.90 bits per heavy atom. The molecule has 0 spiro atoms. The number of hydrogen-bond acceptors (Lipinski definition) is 15. The minimum absolute atomic E-state index is 0.0611. The fourth-order valence-corrected chi connectivity index (χ4v) is 7.47. The second-order valence-electron chi connectivity index (χ2n) is 10.1. The second kappa shape index (κ2) is 12.3. The van der Waals surface area contributed by atoms with E-state index in [-0.39, 0.29) is 10.7 Å². The zero-order chi connectivity index (χ0) is 37.3. The standard InChI is InChI=1S/C25H17ClFN5O14S4/c1-9-21(26)24(30-25(27)28-9)29-10-4-14-17(48(38,39)40)7-15(23(34)20(14)19(5-10)50(44,45)46)31-32-22-12-3-2-11(47(35,36)37)6-13(12)18(8-16(22)33)49(41,42)43/h2-8,33-34H,1H3,(H,28,29,30)(H,35,36,37)(H,38,39,40)(H,41,42,43)(H,44,45,46). The number of nitrogens with zero attached hydrogens (tertiary/aromatic N) is 4. The van der Waals surface area contributed by atoms with Gasteiger partial charge in [-0.15, -0.1) is 10.2 Å². The van der Waals surface area contributed by atoms with Gasteiger partial charge in [0.05, 0.1) is 10.6 Å². The predicted molar refractivity (Wildman–Crippen MR) is 170 cm³/mol. The van der Waals surface area contributed by atoms with E-state index in [9.17, 15) is 66.5 Å². The molecule has 1 heterocycles. The number of nitrogens with one attached hydrogen (secondary N) is 1. The number of fused-ring (bicyclic) bond motifs is 2. The van der Waals surface area contributed by atoms with Crippen LogP contribution >= 0.6 is 11.6 Å². The molecule has 0 aliphatic rings. The van der Waals surface area contributed by atoms with E-state index in [2.05, 4.69) is 25.5 Å². The van der Waals surface area contributed by atoms with Crippen molar-refractivity contribution < 1.29 is 66.5 Å². The summed E-state index contributed by atoms with van der Waals surface area (Å²) in [6.45, 7) is 1.30. The Morgan fingerprint density at radius 2 is 1.32 bits per heavy atom. The molecule has 0 aliphatic heterocycles. The van der Waals surface area contributed by atoms with Crippen LogP contribution in [0.25, 0.3) is 21.5 Å². The van der Waals surface area contributed by atoms with Crippen molar-refractivity contribution in [2.75, 3.05) is 5.32 Å². The lowest BCUT2D eigenvalue weighted by Crippen LogP contribution is -2.06. The quantitative estimate of drug-likeness (QED) is 0.0648. The summed E-state index contributed by atoms with van der Waals surface area (Å²) < 4.78 is 150. The van der Waals surface area contributed by atoms with E-state index in [1.54, 1.807) is 0 Å². The van der Waals surface area contributed by atoms with E-state index in [0.717, 1.165) is 18.2 Å². The van der Waals surface area contributed by atoms with Gasteiger partial charge >= 0.3 is 6.08 Å². The van der Waals surface area contributed by atoms with Crippen molar-refractivity contribution in [2.45, 2.75) is 26.5 Å². The summed E-state index contributed by atoms with van der Waals surface area (Å²) in [5, 5.41) is 28.4. The van der Waals surface area contributed by atoms with Crippen LogP contribution in [0.15, 0.2) is 72.3 Å². The Morgan fingerprint density at radius 1 is 0.720 bits per heavy atom. The van der Waals surface area contributed by atoms with Gasteiger partial charge in [0, 0.05) is 33.3 Å². The average Bonchev–Trinajstić information content (AvgIpc) is 2.97. The van der Waals surface area contributed by atoms with Gasteiger partial charge in [-0.2, -0.15) is 43.0 Å². The van der Waals surface area contributed by atoms with Crippen LogP contribution in [0, 0.1) is 13.0 Å². The first-order chi connectivity index (χ1) is 22.9. The molecular formula is C25H17ClFN5O14S4. The number of aryl methyl sites for hydroxylation is 1. The summed E-state index contributed by atoms with van der Waals surface area (Å²) in [6.07, 6.45) is -1.26. The van der Waals surface area contributed by atoms with Crippen LogP contribution in [0.1, 0.15) is 5.69 Å². The highest BCUT2D eigenvalue weighted by Crippen LogP contribution is 2.46. The molecule has 0 saturated carbocycles. The molecule has 0 bridgehead atoms. The van der Waals surface area contributed by atoms with Crippen LogP contribution in [0.5, 0.6) is 11.5 Å². The summed E-state index contributed by atoms with van der Waals surface area (Å²) in [5.74, 6) is -2.66. The van der Waals surface area contributed by atoms with Gasteiger partial charge in [0.2, 0.25) is 0 Å². The Balaban J connectivity index is 1.80. The SMILES string of the molecule is Cc1nc(F)nc(Nc2cc(S(=O)(=O)O)c3c(O)c(N=Nc4c(O)cc(S(=O)(=O)O)c5cc(S(=O)(=O)O)ccc45)cc(S(=O)(=O)O)c3c2)c1Cl. The topological polar surface area (TPSA) is 320 Å². The zero-order valence-electron chi connectivity index (χ0n) is 24.2. The summed E-state index contributed by atoms with van der Waals surface area (Å²) in [4.78, 5) is 2.62. The van der Waals surface area contributed by atoms with E-state index in [1.165, 1.54) is 6.92 Å². The molecule has 7 N–H and O–H groups in total. The highest BCUT2D eigenvalue weighted by atomic mass is 35.5. The minimum atomic E-state index is -5.39. The Kier molecular flexibility index (Phi) is 9.00. The number of aromatic hydroxyl groups is 2. The van der Waals surface area contributed by atoms with Gasteiger partial charge in [-0.05, 0) is 37.3 Å². The van der Waals surface area contributed by atoms with Crippen LogP contribution in [0.2, 0.25) is 5.02 Å². The van der Waals surface area contributed by atoms with Gasteiger partial charge in [-0.1, -0.05) is 17.7 Å². The van der Waals surface area contributed by atoms with Gasteiger partial charge in [0.25, 0.3) is 40.5 Å². The summed E-state index contributed by atoms with van der Waals surface area (Å²) >= 11 is 6.09. The molecule has 25 heteroatoms. The van der Waals surface area contributed by atoms with Crippen LogP contribution in [0.3, 0.4) is 0 Å². The normalized spacial score (nSPS) is 13.0. The Hall–Kier alpha value is -4.66. The molecular weight excluding hydrogens is 777 g/mol. The maximum absolute atomic E-state index is 13.9. The molecule has 50 heavy (non-hydrogen) atoms. The first-order valence-corrected chi connectivity index (χ1v) is 18.9. The number of rotatable bonds is 8. The molecule has 4 aromatic carbocycles. The van der Waals surface area contributed by atoms with Crippen LogP contribution in [-0.4, -0.2) is 72.1 Å². The molecule has 0 unspecified atom stereocenters. The van der Waals surface area contributed by atoms with Crippen LogP contribution in [0.4, 0.5) is 27.3 Å². The van der Waals surface area contributed by atoms with Gasteiger partial charge in [0.1, 0.15) is 36.8 Å². The highest BCUT2D eigenvalue weighted by Gasteiger charge is 2.28. The molecule has 0 radical (unpaired) electrons. The summed E-state index contributed by atoms with van der Waals surface area (Å²) in [5.41, 5.74) is -2.11. The molecule has 1 aromatic heterocycles. The van der Waals surface area contributed by atoms with Gasteiger partial charge in [0.15, 0.2) is 11.6 Å². The van der Waals surface area contributed by atoms with Crippen molar-refractivity contribution in [2.24, 2.45) is 10.2 Å². The fourth-order valence-electron chi connectivity index (χ4n) is 4.69. The zero-order valence-corrected chi connectivity index (χ0v) is 28.2. The van der Waals surface area contributed by atoms with Gasteiger partial charge in [-0.3, -0.25) is 18.2 Å². The van der Waals surface area contributed by atoms with Crippen molar-refractivity contribution in [3.63, 3.8) is 0 Å². The number of benzene rings is 4. The maximum Gasteiger partial charge on any atom is 0.310 e. The van der Waals surface area contributed by atoms with Crippen molar-refractivity contribution in [3.8, 4) is 11.5 Å². The Bertz CT molecular complexity index is 2800. The number of azo groups is 1. The molecule has 5 rings (SSSR count). The molecule has 0 amide bonds. The second-order valence-corrected chi connectivity index (χ2v) is 16.0. The van der Waals surface area contributed by atoms with Gasteiger partial charge < -0.3 is 15.5 Å². The number of phenolic OH excluding ortho intramolecular Hbond substituents is 2. The number of aromatic nitrogens is 2. The monoisotopic (exact) mass is 793 g/mol. The van der Waals surface area contributed by atoms with E-state index in [0.29, 0.717) is 24.3 Å². The minimum Gasteiger partial charge on any atom is -0.506 e. The molecule has 19 nitrogen and oxygen atoms in total. The van der Waals surface area contributed by atoms with E-state index in [4.69, 9.17) is 11.6 Å². The van der Waals surface area contributed by atoms with Crippen LogP contribution < -0.4 is 5.32 Å². The molecule has 0 aliphatic carbocycles. The lowest BCUT2D eigenvalue weighted by molar-refractivity contribution is 0.468. The molecule has 264 valence electrons. The van der Waals surface area contributed by atoms with Gasteiger partial charge in [-0.25, -0.2) is 4.98 Å². The fraction of sp³-hybridized carbons (Fsp3) is 0.0400. The highest BCUT2D eigenvalue weighted by molar-refractivity contribution is 7.87. The summed E-state index contributed by atoms with van der Waals surface area (Å²) in [6, 6.07) is 4.60. The average molecular weight is 794 g/mol. The molecule has 0 atom stereocenters. The lowest BCUT2D eigenvalue weighted by Gasteiger charge is -2.15. The van der Waals surface area contributed by atoms with Crippen molar-refractivity contribution in [3.05, 3.63) is 59.3 Å².